The van der Waals surface area contributed by atoms with Crippen LogP contribution in [0.5, 0.6) is 5.75 Å². The van der Waals surface area contributed by atoms with Gasteiger partial charge in [-0.1, -0.05) is 52.5 Å². The number of halogens is 4. The Hall–Kier alpha value is -2.75. The maximum absolute atomic E-state index is 10.9. The van der Waals surface area contributed by atoms with Crippen molar-refractivity contribution in [1.29, 1.82) is 5.26 Å². The number of nitriles is 1. The zero-order valence-electron chi connectivity index (χ0n) is 15.6. The Balaban J connectivity index is 1.97. The van der Waals surface area contributed by atoms with Gasteiger partial charge in [-0.2, -0.15) is 5.26 Å². The lowest BCUT2D eigenvalue weighted by atomic mass is 10.0. The van der Waals surface area contributed by atoms with Crippen molar-refractivity contribution < 1.29 is 9.66 Å². The monoisotopic (exact) mass is 492 g/mol. The molecule has 0 saturated heterocycles. The zero-order chi connectivity index (χ0) is 22.5. The van der Waals surface area contributed by atoms with Crippen molar-refractivity contribution in [2.24, 2.45) is 0 Å². The summed E-state index contributed by atoms with van der Waals surface area (Å²) in [4.78, 5) is 10.3. The van der Waals surface area contributed by atoms with E-state index in [-0.39, 0.29) is 22.9 Å². The molecule has 0 spiro atoms. The summed E-state index contributed by atoms with van der Waals surface area (Å²) in [5.41, 5.74) is 1.84. The van der Waals surface area contributed by atoms with E-state index in [0.717, 1.165) is 0 Å². The Labute approximate surface area is 198 Å². The number of nitrogens with zero attached hydrogens (tertiary/aromatic N) is 2. The highest BCUT2D eigenvalue weighted by atomic mass is 35.5. The van der Waals surface area contributed by atoms with E-state index in [2.05, 4.69) is 6.07 Å². The molecule has 0 unspecified atom stereocenters. The Morgan fingerprint density at radius 2 is 1.68 bits per heavy atom. The molecular weight excluding hydrogens is 482 g/mol. The van der Waals surface area contributed by atoms with Gasteiger partial charge in [0.15, 0.2) is 0 Å². The van der Waals surface area contributed by atoms with Gasteiger partial charge < -0.3 is 4.74 Å². The molecule has 0 radical (unpaired) electrons. The van der Waals surface area contributed by atoms with Crippen LogP contribution in [0.3, 0.4) is 0 Å². The highest BCUT2D eigenvalue weighted by molar-refractivity contribution is 6.36. The van der Waals surface area contributed by atoms with Crippen LogP contribution in [0.1, 0.15) is 16.7 Å². The van der Waals surface area contributed by atoms with E-state index in [1.807, 2.05) is 0 Å². The average Bonchev–Trinajstić information content (AvgIpc) is 2.72. The average molecular weight is 494 g/mol. The third-order valence-corrected chi connectivity index (χ3v) is 5.32. The van der Waals surface area contributed by atoms with Crippen LogP contribution in [-0.4, -0.2) is 4.92 Å². The predicted molar refractivity (Wildman–Crippen MR) is 124 cm³/mol. The lowest BCUT2D eigenvalue weighted by molar-refractivity contribution is -0.384. The minimum absolute atomic E-state index is 0.0734. The summed E-state index contributed by atoms with van der Waals surface area (Å²) in [5, 5.41) is 22.0. The van der Waals surface area contributed by atoms with E-state index in [4.69, 9.17) is 51.1 Å². The summed E-state index contributed by atoms with van der Waals surface area (Å²) in [6.45, 7) is 0.109. The van der Waals surface area contributed by atoms with Gasteiger partial charge in [-0.15, -0.1) is 0 Å². The summed E-state index contributed by atoms with van der Waals surface area (Å²) in [7, 11) is 0. The number of nitro benzene ring substituents is 1. The molecule has 31 heavy (non-hydrogen) atoms. The Morgan fingerprint density at radius 3 is 2.29 bits per heavy atom. The molecule has 0 aliphatic rings. The normalized spacial score (nSPS) is 11.1. The van der Waals surface area contributed by atoms with Crippen molar-refractivity contribution in [2.75, 3.05) is 0 Å². The van der Waals surface area contributed by atoms with Gasteiger partial charge in [-0.25, -0.2) is 0 Å². The molecule has 0 aromatic heterocycles. The van der Waals surface area contributed by atoms with Crippen LogP contribution >= 0.6 is 46.4 Å². The molecule has 5 nitrogen and oxygen atoms in total. The van der Waals surface area contributed by atoms with Crippen molar-refractivity contribution in [3.05, 3.63) is 101 Å². The summed E-state index contributed by atoms with van der Waals surface area (Å²) < 4.78 is 5.90. The fraction of sp³-hybridized carbons (Fsp3) is 0.0455. The van der Waals surface area contributed by atoms with Crippen LogP contribution in [0, 0.1) is 21.4 Å². The fourth-order valence-corrected chi connectivity index (χ4v) is 3.75. The number of nitro groups is 1. The van der Waals surface area contributed by atoms with Crippen molar-refractivity contribution >= 4 is 63.7 Å². The summed E-state index contributed by atoms with van der Waals surface area (Å²) in [6.07, 6.45) is 1.55. The molecule has 0 N–H and O–H groups in total. The highest BCUT2D eigenvalue weighted by Gasteiger charge is 2.13. The number of hydrogen-bond donors (Lipinski definition) is 0. The number of hydrogen-bond acceptors (Lipinski definition) is 4. The summed E-state index contributed by atoms with van der Waals surface area (Å²) in [5.74, 6) is 0.312. The Morgan fingerprint density at radius 1 is 1.00 bits per heavy atom. The van der Waals surface area contributed by atoms with E-state index in [1.54, 1.807) is 30.3 Å². The van der Waals surface area contributed by atoms with E-state index >= 15 is 0 Å². The van der Waals surface area contributed by atoms with E-state index in [1.165, 1.54) is 30.3 Å². The maximum atomic E-state index is 10.9. The van der Waals surface area contributed by atoms with Crippen LogP contribution in [0.2, 0.25) is 20.1 Å². The van der Waals surface area contributed by atoms with Gasteiger partial charge in [-0.05, 0) is 48.0 Å². The first-order chi connectivity index (χ1) is 14.8. The van der Waals surface area contributed by atoms with Gasteiger partial charge in [0, 0.05) is 38.3 Å². The van der Waals surface area contributed by atoms with Gasteiger partial charge >= 0.3 is 0 Å². The van der Waals surface area contributed by atoms with Gasteiger partial charge in [0.2, 0.25) is 0 Å². The van der Waals surface area contributed by atoms with Gasteiger partial charge in [0.05, 0.1) is 21.6 Å². The van der Waals surface area contributed by atoms with E-state index in [9.17, 15) is 15.4 Å². The lowest BCUT2D eigenvalue weighted by Crippen LogP contribution is -1.99. The van der Waals surface area contributed by atoms with Crippen LogP contribution in [0.25, 0.3) is 11.6 Å². The molecule has 0 saturated carbocycles. The molecule has 9 heteroatoms. The first-order valence-electron chi connectivity index (χ1n) is 8.71. The quantitative estimate of drug-likeness (QED) is 0.151. The van der Waals surface area contributed by atoms with Gasteiger partial charge in [0.25, 0.3) is 5.69 Å². The van der Waals surface area contributed by atoms with Crippen LogP contribution in [0.15, 0.2) is 54.6 Å². The lowest BCUT2D eigenvalue weighted by Gasteiger charge is -2.13. The second kappa shape index (κ2) is 10.0. The molecule has 0 amide bonds. The Bertz CT molecular complexity index is 1220. The molecule has 3 aromatic rings. The molecule has 0 fully saturated rings. The van der Waals surface area contributed by atoms with E-state index in [0.29, 0.717) is 37.5 Å². The van der Waals surface area contributed by atoms with Crippen molar-refractivity contribution in [3.63, 3.8) is 0 Å². The first kappa shape index (κ1) is 22.9. The molecule has 0 aliphatic heterocycles. The molecule has 0 aliphatic carbocycles. The topological polar surface area (TPSA) is 76.2 Å². The maximum Gasteiger partial charge on any atom is 0.269 e. The minimum Gasteiger partial charge on any atom is -0.487 e. The highest BCUT2D eigenvalue weighted by Crippen LogP contribution is 2.36. The minimum atomic E-state index is -0.510. The van der Waals surface area contributed by atoms with Crippen LogP contribution < -0.4 is 4.74 Å². The second-order valence-corrected chi connectivity index (χ2v) is 7.99. The predicted octanol–water partition coefficient (Wildman–Crippen LogP) is 7.85. The number of non-ortho nitro benzene ring substituents is 1. The number of benzene rings is 3. The number of rotatable bonds is 6. The molecule has 3 rings (SSSR count). The van der Waals surface area contributed by atoms with Crippen molar-refractivity contribution in [1.82, 2.24) is 0 Å². The molecule has 0 bridgehead atoms. The Kier molecular flexibility index (Phi) is 7.42. The number of ether oxygens (including phenoxy) is 1. The zero-order valence-corrected chi connectivity index (χ0v) is 18.6. The second-order valence-electron chi connectivity index (χ2n) is 6.30. The van der Waals surface area contributed by atoms with Crippen LogP contribution in [-0.2, 0) is 6.61 Å². The third-order valence-electron chi connectivity index (χ3n) is 4.23. The van der Waals surface area contributed by atoms with Crippen molar-refractivity contribution in [2.45, 2.75) is 6.61 Å². The SMILES string of the molecule is N#C/C(=C\c1cc(Cl)cc(Cl)c1OCc1ccc(Cl)cc1Cl)c1ccc([N+](=O)[O-])cc1. The molecular formula is C22H12Cl4N2O3. The summed E-state index contributed by atoms with van der Waals surface area (Å²) >= 11 is 24.6. The standard InChI is InChI=1S/C22H12Cl4N2O3/c23-17-4-1-14(20(25)9-17)12-31-22-15(8-18(24)10-21(22)26)7-16(11-27)13-2-5-19(6-3-13)28(29)30/h1-10H,12H2/b16-7+. The van der Waals surface area contributed by atoms with E-state index < -0.39 is 4.92 Å². The fourth-order valence-electron chi connectivity index (χ4n) is 2.73. The van der Waals surface area contributed by atoms with Crippen LogP contribution in [0.4, 0.5) is 5.69 Å². The number of allylic oxidation sites excluding steroid dienone is 1. The van der Waals surface area contributed by atoms with Gasteiger partial charge in [-0.3, -0.25) is 10.1 Å². The van der Waals surface area contributed by atoms with Crippen molar-refractivity contribution in [3.8, 4) is 11.8 Å². The smallest absolute Gasteiger partial charge is 0.269 e. The molecule has 3 aromatic carbocycles. The largest absolute Gasteiger partial charge is 0.487 e. The molecule has 156 valence electrons. The first-order valence-corrected chi connectivity index (χ1v) is 10.2. The van der Waals surface area contributed by atoms with Gasteiger partial charge in [0.1, 0.15) is 12.4 Å². The summed E-state index contributed by atoms with van der Waals surface area (Å²) in [6, 6.07) is 15.9. The third kappa shape index (κ3) is 5.69. The molecule has 0 heterocycles. The molecule has 0 atom stereocenters.